The molecule has 3 aliphatic carbocycles. The zero-order valence-electron chi connectivity index (χ0n) is 27.8. The van der Waals surface area contributed by atoms with Gasteiger partial charge in [0.2, 0.25) is 0 Å². The molecule has 0 aliphatic heterocycles. The van der Waals surface area contributed by atoms with Crippen molar-refractivity contribution in [3.63, 3.8) is 0 Å². The minimum absolute atomic E-state index is 1.22. The second kappa shape index (κ2) is 16.6. The predicted octanol–water partition coefficient (Wildman–Crippen LogP) is 11.8. The molecule has 1 aromatic heterocycles. The average molecular weight is 614 g/mol. The van der Waals surface area contributed by atoms with Gasteiger partial charge >= 0.3 is 0 Å². The number of benzene rings is 6. The highest BCUT2D eigenvalue weighted by Gasteiger charge is 2.09. The van der Waals surface area contributed by atoms with Gasteiger partial charge in [-0.25, -0.2) is 0 Å². The Labute approximate surface area is 281 Å². The van der Waals surface area contributed by atoms with E-state index in [1.54, 1.807) is 33.4 Å². The molecular weight excluding hydrogens is 567 g/mol. The number of H-pyrrole nitrogens is 1. The largest absolute Gasteiger partial charge is 0.359 e. The minimum atomic E-state index is 1.22. The van der Waals surface area contributed by atoms with Gasteiger partial charge in [0.05, 0.1) is 0 Å². The number of aromatic nitrogens is 1. The summed E-state index contributed by atoms with van der Waals surface area (Å²) in [6, 6.07) is 53.3. The standard InChI is InChI=1S/C10H12.C10H8.C9H9N.C9H10.C8H8/c2*1-2-6-10-8-4-3-7-9(10)5-1;1-7-6-8-4-2-3-5-9(8)10-7;1-2-5-9-7-3-6-8(9)4-1;1-2-4-8-6-5-7(8)3-1/h1-2,5-6H,3-4,7-8H2;1-8H;2-6,10H,1H3;1-2,4-5H,3,6-7H2;1-4H,5-6H2. The number of hydrogen-bond acceptors (Lipinski definition) is 0. The predicted molar refractivity (Wildman–Crippen MR) is 202 cm³/mol. The molecule has 7 aromatic rings. The SMILES string of the molecule is Cc1cc2ccccc2[nH]1.c1ccc2c(c1)CC2.c1ccc2c(c1)CCC2.c1ccc2c(c1)CCCC2.c1ccc2ccccc2c1. The van der Waals surface area contributed by atoms with Gasteiger partial charge < -0.3 is 4.98 Å². The Morgan fingerprint density at radius 2 is 0.660 bits per heavy atom. The van der Waals surface area contributed by atoms with E-state index in [2.05, 4.69) is 158 Å². The van der Waals surface area contributed by atoms with Crippen LogP contribution in [0.15, 0.2) is 152 Å². The minimum Gasteiger partial charge on any atom is -0.359 e. The average Bonchev–Trinajstić information content (AvgIpc) is 3.76. The van der Waals surface area contributed by atoms with Gasteiger partial charge in [-0.2, -0.15) is 0 Å². The third-order valence-corrected chi connectivity index (χ3v) is 9.38. The van der Waals surface area contributed by atoms with Crippen molar-refractivity contribution in [3.8, 4) is 0 Å². The molecule has 0 amide bonds. The van der Waals surface area contributed by atoms with Crippen LogP contribution in [0.3, 0.4) is 0 Å². The van der Waals surface area contributed by atoms with Crippen molar-refractivity contribution in [2.45, 2.75) is 64.7 Å². The van der Waals surface area contributed by atoms with E-state index >= 15 is 0 Å². The number of fused-ring (bicyclic) bond motifs is 5. The Kier molecular flexibility index (Phi) is 11.3. The number of hydrogen-bond donors (Lipinski definition) is 1. The van der Waals surface area contributed by atoms with Crippen LogP contribution in [0.25, 0.3) is 21.7 Å². The summed E-state index contributed by atoms with van der Waals surface area (Å²) >= 11 is 0. The number of para-hydroxylation sites is 1. The Balaban J connectivity index is 0.000000103. The van der Waals surface area contributed by atoms with Crippen molar-refractivity contribution in [1.29, 1.82) is 0 Å². The summed E-state index contributed by atoms with van der Waals surface area (Å²) in [6.07, 6.45) is 11.9. The fraction of sp³-hybridized carbons (Fsp3) is 0.217. The summed E-state index contributed by atoms with van der Waals surface area (Å²) in [5, 5.41) is 3.91. The van der Waals surface area contributed by atoms with Crippen LogP contribution in [0, 0.1) is 6.92 Å². The summed E-state index contributed by atoms with van der Waals surface area (Å²) < 4.78 is 0. The first-order valence-electron chi connectivity index (χ1n) is 17.4. The lowest BCUT2D eigenvalue weighted by molar-refractivity contribution is 0.685. The highest BCUT2D eigenvalue weighted by Crippen LogP contribution is 2.22. The van der Waals surface area contributed by atoms with Crippen LogP contribution < -0.4 is 0 Å². The second-order valence-electron chi connectivity index (χ2n) is 12.8. The lowest BCUT2D eigenvalue weighted by Crippen LogP contribution is -2.06. The molecule has 0 bridgehead atoms. The van der Waals surface area contributed by atoms with E-state index in [4.69, 9.17) is 0 Å². The topological polar surface area (TPSA) is 15.8 Å². The molecule has 236 valence electrons. The van der Waals surface area contributed by atoms with Crippen LogP contribution in [0.2, 0.25) is 0 Å². The van der Waals surface area contributed by atoms with Gasteiger partial charge in [-0.05, 0) is 126 Å². The first kappa shape index (κ1) is 32.1. The van der Waals surface area contributed by atoms with E-state index in [9.17, 15) is 0 Å². The van der Waals surface area contributed by atoms with Crippen molar-refractivity contribution in [1.82, 2.24) is 4.98 Å². The number of rotatable bonds is 0. The van der Waals surface area contributed by atoms with Gasteiger partial charge in [0.1, 0.15) is 0 Å². The fourth-order valence-electron chi connectivity index (χ4n) is 6.68. The molecule has 0 saturated carbocycles. The van der Waals surface area contributed by atoms with E-state index < -0.39 is 0 Å². The van der Waals surface area contributed by atoms with Gasteiger partial charge in [0, 0.05) is 11.2 Å². The molecule has 0 fully saturated rings. The number of nitrogens with one attached hydrogen (secondary N) is 1. The molecule has 1 heterocycles. The molecule has 47 heavy (non-hydrogen) atoms. The Morgan fingerprint density at radius 1 is 0.340 bits per heavy atom. The summed E-state index contributed by atoms with van der Waals surface area (Å²) in [5.41, 5.74) is 11.8. The molecule has 1 N–H and O–H groups in total. The molecule has 1 heteroatoms. The summed E-state index contributed by atoms with van der Waals surface area (Å²) in [4.78, 5) is 3.26. The maximum atomic E-state index is 3.26. The quantitative estimate of drug-likeness (QED) is 0.175. The molecule has 10 rings (SSSR count). The van der Waals surface area contributed by atoms with Crippen LogP contribution in [0.1, 0.15) is 58.3 Å². The Hall–Kier alpha value is -4.88. The molecular formula is C46H47N. The molecule has 0 atom stereocenters. The van der Waals surface area contributed by atoms with Crippen molar-refractivity contribution in [2.75, 3.05) is 0 Å². The second-order valence-corrected chi connectivity index (χ2v) is 12.8. The summed E-state index contributed by atoms with van der Waals surface area (Å²) in [7, 11) is 0. The van der Waals surface area contributed by atoms with E-state index in [1.165, 1.54) is 85.2 Å². The van der Waals surface area contributed by atoms with Crippen LogP contribution in [0.5, 0.6) is 0 Å². The third kappa shape index (κ3) is 9.11. The number of aryl methyl sites for hydroxylation is 7. The van der Waals surface area contributed by atoms with Crippen molar-refractivity contribution in [3.05, 3.63) is 191 Å². The first-order valence-corrected chi connectivity index (χ1v) is 17.4. The van der Waals surface area contributed by atoms with Gasteiger partial charge in [-0.3, -0.25) is 0 Å². The molecule has 0 spiro atoms. The lowest BCUT2D eigenvalue weighted by Gasteiger charge is -2.16. The molecule has 3 aliphatic rings. The van der Waals surface area contributed by atoms with E-state index in [-0.39, 0.29) is 0 Å². The lowest BCUT2D eigenvalue weighted by atomic mass is 9.89. The summed E-state index contributed by atoms with van der Waals surface area (Å²) in [5.74, 6) is 0. The summed E-state index contributed by atoms with van der Waals surface area (Å²) in [6.45, 7) is 2.07. The van der Waals surface area contributed by atoms with Crippen LogP contribution in [0.4, 0.5) is 0 Å². The van der Waals surface area contributed by atoms with Gasteiger partial charge in [0.25, 0.3) is 0 Å². The Morgan fingerprint density at radius 3 is 1.02 bits per heavy atom. The van der Waals surface area contributed by atoms with E-state index in [1.807, 2.05) is 6.07 Å². The molecule has 0 saturated heterocycles. The maximum absolute atomic E-state index is 3.26. The van der Waals surface area contributed by atoms with Gasteiger partial charge in [-0.15, -0.1) is 0 Å². The van der Waals surface area contributed by atoms with Crippen LogP contribution in [-0.4, -0.2) is 4.98 Å². The number of aromatic amines is 1. The zero-order valence-corrected chi connectivity index (χ0v) is 27.8. The molecule has 0 radical (unpaired) electrons. The third-order valence-electron chi connectivity index (χ3n) is 9.38. The highest BCUT2D eigenvalue weighted by atomic mass is 14.7. The fourth-order valence-corrected chi connectivity index (χ4v) is 6.68. The first-order chi connectivity index (χ1) is 23.2. The Bertz CT molecular complexity index is 1820. The molecule has 0 unspecified atom stereocenters. The smallest absolute Gasteiger partial charge is 0.0455 e. The zero-order chi connectivity index (χ0) is 32.1. The van der Waals surface area contributed by atoms with E-state index in [0.29, 0.717) is 0 Å². The van der Waals surface area contributed by atoms with Crippen molar-refractivity contribution < 1.29 is 0 Å². The highest BCUT2D eigenvalue weighted by molar-refractivity contribution is 5.82. The van der Waals surface area contributed by atoms with E-state index in [0.717, 1.165) is 0 Å². The van der Waals surface area contributed by atoms with Crippen LogP contribution in [-0.2, 0) is 38.5 Å². The monoisotopic (exact) mass is 613 g/mol. The molecule has 6 aromatic carbocycles. The van der Waals surface area contributed by atoms with Gasteiger partial charge in [-0.1, -0.05) is 140 Å². The van der Waals surface area contributed by atoms with Crippen molar-refractivity contribution in [2.24, 2.45) is 0 Å². The normalized spacial score (nSPS) is 13.3. The van der Waals surface area contributed by atoms with Crippen LogP contribution >= 0.6 is 0 Å². The maximum Gasteiger partial charge on any atom is 0.0455 e. The van der Waals surface area contributed by atoms with Crippen molar-refractivity contribution >= 4 is 21.7 Å². The molecule has 1 nitrogen and oxygen atoms in total. The van der Waals surface area contributed by atoms with Gasteiger partial charge in [0.15, 0.2) is 0 Å².